The van der Waals surface area contributed by atoms with Crippen LogP contribution in [0, 0.1) is 0 Å². The van der Waals surface area contributed by atoms with Crippen molar-refractivity contribution in [3.63, 3.8) is 0 Å². The quantitative estimate of drug-likeness (QED) is 0.834. The molecule has 0 aliphatic carbocycles. The van der Waals surface area contributed by atoms with Gasteiger partial charge in [0.15, 0.2) is 0 Å². The van der Waals surface area contributed by atoms with Crippen LogP contribution in [0.3, 0.4) is 0 Å². The number of nitrogens with zero attached hydrogens (tertiary/aromatic N) is 4. The monoisotopic (exact) mass is 315 g/mol. The summed E-state index contributed by atoms with van der Waals surface area (Å²) in [7, 11) is 0. The molecule has 1 aliphatic heterocycles. The molecule has 0 aromatic carbocycles. The van der Waals surface area contributed by atoms with Gasteiger partial charge in [-0.3, -0.25) is 19.4 Å². The summed E-state index contributed by atoms with van der Waals surface area (Å²) in [5, 5.41) is 6.87. The number of carbonyl (C=O) groups is 2. The fraction of sp³-hybridized carbons (Fsp3) is 0.333. The molecule has 1 atom stereocenters. The van der Waals surface area contributed by atoms with Crippen molar-refractivity contribution in [2.75, 3.05) is 13.2 Å². The summed E-state index contributed by atoms with van der Waals surface area (Å²) in [5.74, 6) is -0.230. The Morgan fingerprint density at radius 2 is 2.30 bits per heavy atom. The molecule has 1 fully saturated rings. The summed E-state index contributed by atoms with van der Waals surface area (Å²) in [4.78, 5) is 29.6. The zero-order valence-corrected chi connectivity index (χ0v) is 12.5. The second kappa shape index (κ2) is 6.91. The minimum atomic E-state index is -0.625. The van der Waals surface area contributed by atoms with Gasteiger partial charge in [0, 0.05) is 31.3 Å². The maximum atomic E-state index is 12.3. The van der Waals surface area contributed by atoms with Crippen molar-refractivity contribution in [1.29, 1.82) is 0 Å². The van der Waals surface area contributed by atoms with E-state index in [-0.39, 0.29) is 12.5 Å². The highest BCUT2D eigenvalue weighted by Crippen LogP contribution is 2.16. The van der Waals surface area contributed by atoms with Crippen LogP contribution in [0.2, 0.25) is 0 Å². The third kappa shape index (κ3) is 3.65. The van der Waals surface area contributed by atoms with E-state index < -0.39 is 12.1 Å². The fourth-order valence-corrected chi connectivity index (χ4v) is 2.37. The summed E-state index contributed by atoms with van der Waals surface area (Å²) < 4.78 is 6.74. The first-order valence-corrected chi connectivity index (χ1v) is 7.31. The number of cyclic esters (lactones) is 1. The van der Waals surface area contributed by atoms with E-state index in [4.69, 9.17) is 4.74 Å². The highest BCUT2D eigenvalue weighted by Gasteiger charge is 2.37. The molecule has 0 bridgehead atoms. The molecule has 0 radical (unpaired) electrons. The van der Waals surface area contributed by atoms with Crippen molar-refractivity contribution in [2.24, 2.45) is 0 Å². The van der Waals surface area contributed by atoms with Gasteiger partial charge in [0.2, 0.25) is 5.91 Å². The Hall–Kier alpha value is -2.90. The zero-order valence-electron chi connectivity index (χ0n) is 12.5. The molecule has 1 saturated heterocycles. The molecule has 3 rings (SSSR count). The number of rotatable bonds is 6. The Morgan fingerprint density at radius 1 is 1.39 bits per heavy atom. The molecule has 3 heterocycles. The van der Waals surface area contributed by atoms with Gasteiger partial charge in [-0.25, -0.2) is 4.79 Å². The van der Waals surface area contributed by atoms with E-state index >= 15 is 0 Å². The summed E-state index contributed by atoms with van der Waals surface area (Å²) in [6.45, 7) is 1.37. The van der Waals surface area contributed by atoms with Crippen LogP contribution >= 0.6 is 0 Å². The second-order valence-corrected chi connectivity index (χ2v) is 5.14. The molecular weight excluding hydrogens is 298 g/mol. The van der Waals surface area contributed by atoms with Gasteiger partial charge in [-0.1, -0.05) is 6.07 Å². The second-order valence-electron chi connectivity index (χ2n) is 5.14. The molecule has 120 valence electrons. The first kappa shape index (κ1) is 15.0. The molecule has 0 spiro atoms. The average molecular weight is 315 g/mol. The molecule has 2 aromatic rings. The molecule has 8 heteroatoms. The summed E-state index contributed by atoms with van der Waals surface area (Å²) >= 11 is 0. The van der Waals surface area contributed by atoms with Crippen molar-refractivity contribution in [3.8, 4) is 0 Å². The molecule has 2 aromatic heterocycles. The predicted octanol–water partition coefficient (Wildman–Crippen LogP) is 0.415. The van der Waals surface area contributed by atoms with Crippen molar-refractivity contribution >= 4 is 12.0 Å². The lowest BCUT2D eigenvalue weighted by molar-refractivity contribution is -0.125. The van der Waals surface area contributed by atoms with Crippen LogP contribution in [0.5, 0.6) is 0 Å². The highest BCUT2D eigenvalue weighted by molar-refractivity contribution is 5.87. The molecular formula is C15H17N5O3. The molecule has 0 unspecified atom stereocenters. The van der Waals surface area contributed by atoms with E-state index in [0.717, 1.165) is 5.56 Å². The summed E-state index contributed by atoms with van der Waals surface area (Å²) in [5.41, 5.74) is 0.848. The molecule has 1 N–H and O–H groups in total. The Kier molecular flexibility index (Phi) is 4.51. The smallest absolute Gasteiger partial charge is 0.410 e. The highest BCUT2D eigenvalue weighted by atomic mass is 16.6. The maximum Gasteiger partial charge on any atom is 0.410 e. The number of hydrogen-bond acceptors (Lipinski definition) is 5. The van der Waals surface area contributed by atoms with Crippen molar-refractivity contribution in [1.82, 2.24) is 25.0 Å². The third-order valence-corrected chi connectivity index (χ3v) is 3.55. The van der Waals surface area contributed by atoms with Crippen molar-refractivity contribution in [2.45, 2.75) is 19.1 Å². The summed E-state index contributed by atoms with van der Waals surface area (Å²) in [6, 6.07) is 4.84. The van der Waals surface area contributed by atoms with Crippen molar-refractivity contribution in [3.05, 3.63) is 48.5 Å². The number of carbonyl (C=O) groups excluding carboxylic acids is 2. The third-order valence-electron chi connectivity index (χ3n) is 3.55. The van der Waals surface area contributed by atoms with E-state index in [1.54, 1.807) is 29.3 Å². The lowest BCUT2D eigenvalue weighted by Gasteiger charge is -2.20. The van der Waals surface area contributed by atoms with Gasteiger partial charge >= 0.3 is 6.09 Å². The Balaban J connectivity index is 1.56. The van der Waals surface area contributed by atoms with Gasteiger partial charge in [-0.05, 0) is 17.7 Å². The molecule has 0 saturated carbocycles. The molecule has 8 nitrogen and oxygen atoms in total. The molecule has 23 heavy (non-hydrogen) atoms. The van der Waals surface area contributed by atoms with Gasteiger partial charge in [0.05, 0.1) is 13.1 Å². The number of ether oxygens (including phenoxy) is 1. The Bertz CT molecular complexity index is 659. The van der Waals surface area contributed by atoms with Gasteiger partial charge < -0.3 is 10.1 Å². The van der Waals surface area contributed by atoms with E-state index in [1.165, 1.54) is 4.90 Å². The first-order valence-electron chi connectivity index (χ1n) is 7.31. The van der Waals surface area contributed by atoms with E-state index in [0.29, 0.717) is 19.6 Å². The van der Waals surface area contributed by atoms with E-state index in [1.807, 2.05) is 18.3 Å². The van der Waals surface area contributed by atoms with Crippen LogP contribution in [0.15, 0.2) is 43.0 Å². The van der Waals surface area contributed by atoms with Crippen LogP contribution in [-0.4, -0.2) is 50.9 Å². The average Bonchev–Trinajstić information content (AvgIpc) is 3.19. The fourth-order valence-electron chi connectivity index (χ4n) is 2.37. The summed E-state index contributed by atoms with van der Waals surface area (Å²) in [6.07, 6.45) is 6.34. The van der Waals surface area contributed by atoms with Gasteiger partial charge in [-0.15, -0.1) is 0 Å². The molecule has 1 aliphatic rings. The minimum Gasteiger partial charge on any atom is -0.447 e. The number of nitrogens with one attached hydrogen (secondary N) is 1. The lowest BCUT2D eigenvalue weighted by Crippen LogP contribution is -2.46. The van der Waals surface area contributed by atoms with Gasteiger partial charge in [-0.2, -0.15) is 5.10 Å². The first-order chi connectivity index (χ1) is 11.2. The van der Waals surface area contributed by atoms with Gasteiger partial charge in [0.1, 0.15) is 12.6 Å². The maximum absolute atomic E-state index is 12.3. The number of amides is 2. The van der Waals surface area contributed by atoms with Crippen LogP contribution in [-0.2, 0) is 22.6 Å². The number of aromatic nitrogens is 3. The van der Waals surface area contributed by atoms with Crippen LogP contribution in [0.1, 0.15) is 5.56 Å². The van der Waals surface area contributed by atoms with Gasteiger partial charge in [0.25, 0.3) is 0 Å². The molecule has 2 amide bonds. The van der Waals surface area contributed by atoms with Crippen molar-refractivity contribution < 1.29 is 14.3 Å². The minimum absolute atomic E-state index is 0.0622. The van der Waals surface area contributed by atoms with E-state index in [2.05, 4.69) is 15.4 Å². The van der Waals surface area contributed by atoms with Crippen LogP contribution in [0.25, 0.3) is 0 Å². The normalized spacial score (nSPS) is 17.1. The topological polar surface area (TPSA) is 89.3 Å². The predicted molar refractivity (Wildman–Crippen MR) is 80.2 cm³/mol. The van der Waals surface area contributed by atoms with Crippen LogP contribution < -0.4 is 5.32 Å². The zero-order chi connectivity index (χ0) is 16.1. The largest absolute Gasteiger partial charge is 0.447 e. The standard InChI is InChI=1S/C15H17N5O3/c21-14(17-6-8-19-7-2-5-18-19)13-11-23-15(22)20(13)10-12-3-1-4-16-9-12/h1-5,7,9,13H,6,8,10-11H2,(H,17,21)/t13-/m0/s1. The SMILES string of the molecule is O=C(NCCn1cccn1)[C@@H]1COC(=O)N1Cc1cccnc1. The Labute approximate surface area is 133 Å². The van der Waals surface area contributed by atoms with E-state index in [9.17, 15) is 9.59 Å². The number of pyridine rings is 1. The lowest BCUT2D eigenvalue weighted by atomic mass is 10.2. The Morgan fingerprint density at radius 3 is 3.04 bits per heavy atom. The number of hydrogen-bond donors (Lipinski definition) is 1. The van der Waals surface area contributed by atoms with Crippen LogP contribution in [0.4, 0.5) is 4.79 Å².